The molecule has 0 radical (unpaired) electrons. The third-order valence-electron chi connectivity index (χ3n) is 2.74. The molecule has 0 aromatic carbocycles. The number of hydrogen-bond acceptors (Lipinski definition) is 3. The highest BCUT2D eigenvalue weighted by Gasteiger charge is 2.10. The summed E-state index contributed by atoms with van der Waals surface area (Å²) in [5.41, 5.74) is 2.01. The Balaban J connectivity index is 2.46. The van der Waals surface area contributed by atoms with Crippen LogP contribution in [0.15, 0.2) is 18.3 Å². The van der Waals surface area contributed by atoms with Gasteiger partial charge >= 0.3 is 0 Å². The summed E-state index contributed by atoms with van der Waals surface area (Å²) in [4.78, 5) is 4.28. The number of aromatic nitrogens is 4. The van der Waals surface area contributed by atoms with E-state index in [0.717, 1.165) is 36.5 Å². The molecule has 0 saturated heterocycles. The lowest BCUT2D eigenvalue weighted by molar-refractivity contribution is 0.628. The van der Waals surface area contributed by atoms with Crippen molar-refractivity contribution < 1.29 is 0 Å². The second-order valence-corrected chi connectivity index (χ2v) is 4.38. The normalized spacial score (nSPS) is 10.7. The number of unbranched alkanes of at least 4 members (excludes halogenated alkanes) is 1. The lowest BCUT2D eigenvalue weighted by Gasteiger charge is -2.07. The van der Waals surface area contributed by atoms with Gasteiger partial charge in [0, 0.05) is 24.0 Å². The Morgan fingerprint density at radius 2 is 2.29 bits per heavy atom. The minimum absolute atomic E-state index is 0.678. The standard InChI is InChI=1S/C12H16N4S/c1-3-4-8-16-11(14-15-12(16)17)10-6-5-7-13-9(10)2/h5-7H,3-4,8H2,1-2H3,(H,15,17). The van der Waals surface area contributed by atoms with Crippen LogP contribution in [0.2, 0.25) is 0 Å². The summed E-state index contributed by atoms with van der Waals surface area (Å²) in [6, 6.07) is 3.94. The first-order valence-electron chi connectivity index (χ1n) is 5.81. The number of hydrogen-bond donors (Lipinski definition) is 1. The summed E-state index contributed by atoms with van der Waals surface area (Å²) in [6.45, 7) is 5.05. The third-order valence-corrected chi connectivity index (χ3v) is 3.05. The zero-order valence-corrected chi connectivity index (χ0v) is 10.9. The number of rotatable bonds is 4. The van der Waals surface area contributed by atoms with Gasteiger partial charge in [-0.05, 0) is 37.7 Å². The van der Waals surface area contributed by atoms with E-state index in [0.29, 0.717) is 4.77 Å². The van der Waals surface area contributed by atoms with Crippen molar-refractivity contribution in [3.63, 3.8) is 0 Å². The first kappa shape index (κ1) is 12.0. The smallest absolute Gasteiger partial charge is 0.195 e. The Hall–Kier alpha value is -1.49. The molecule has 2 aromatic rings. The predicted octanol–water partition coefficient (Wildman–Crippen LogP) is 3.11. The minimum Gasteiger partial charge on any atom is -0.300 e. The summed E-state index contributed by atoms with van der Waals surface area (Å²) in [7, 11) is 0. The number of H-pyrrole nitrogens is 1. The lowest BCUT2D eigenvalue weighted by Crippen LogP contribution is -2.02. The molecule has 1 N–H and O–H groups in total. The first-order chi connectivity index (χ1) is 8.24. The van der Waals surface area contributed by atoms with Crippen molar-refractivity contribution in [1.82, 2.24) is 19.7 Å². The average Bonchev–Trinajstić information content (AvgIpc) is 2.69. The Morgan fingerprint density at radius 3 is 3.00 bits per heavy atom. The van der Waals surface area contributed by atoms with E-state index in [1.54, 1.807) is 6.20 Å². The lowest BCUT2D eigenvalue weighted by atomic mass is 10.2. The molecule has 2 rings (SSSR count). The van der Waals surface area contributed by atoms with Crippen LogP contribution in [0.5, 0.6) is 0 Å². The Bertz CT molecular complexity index is 556. The summed E-state index contributed by atoms with van der Waals surface area (Å²) in [5.74, 6) is 0.883. The minimum atomic E-state index is 0.678. The SMILES string of the molecule is CCCCn1c(-c2cccnc2C)n[nH]c1=S. The van der Waals surface area contributed by atoms with Crippen LogP contribution in [0.4, 0.5) is 0 Å². The molecule has 0 aliphatic carbocycles. The maximum Gasteiger partial charge on any atom is 0.195 e. The van der Waals surface area contributed by atoms with Crippen LogP contribution in [0, 0.1) is 11.7 Å². The fraction of sp³-hybridized carbons (Fsp3) is 0.417. The number of nitrogens with one attached hydrogen (secondary N) is 1. The highest BCUT2D eigenvalue weighted by molar-refractivity contribution is 7.71. The van der Waals surface area contributed by atoms with E-state index in [4.69, 9.17) is 12.2 Å². The second kappa shape index (κ2) is 5.23. The molecular formula is C12H16N4S. The Morgan fingerprint density at radius 1 is 1.47 bits per heavy atom. The van der Waals surface area contributed by atoms with E-state index in [9.17, 15) is 0 Å². The monoisotopic (exact) mass is 248 g/mol. The van der Waals surface area contributed by atoms with Gasteiger partial charge < -0.3 is 4.57 Å². The van der Waals surface area contributed by atoms with Crippen molar-refractivity contribution in [2.24, 2.45) is 0 Å². The van der Waals surface area contributed by atoms with Gasteiger partial charge in [0.25, 0.3) is 0 Å². The molecule has 0 atom stereocenters. The Kier molecular flexibility index (Phi) is 3.68. The molecule has 0 fully saturated rings. The molecule has 0 saturated carbocycles. The van der Waals surface area contributed by atoms with Gasteiger partial charge in [0.15, 0.2) is 10.6 Å². The van der Waals surface area contributed by atoms with Crippen LogP contribution in [0.3, 0.4) is 0 Å². The molecular weight excluding hydrogens is 232 g/mol. The number of aryl methyl sites for hydroxylation is 1. The van der Waals surface area contributed by atoms with Crippen LogP contribution < -0.4 is 0 Å². The predicted molar refractivity (Wildman–Crippen MR) is 70.3 cm³/mol. The zero-order valence-electron chi connectivity index (χ0n) is 10.1. The van der Waals surface area contributed by atoms with E-state index < -0.39 is 0 Å². The van der Waals surface area contributed by atoms with Crippen molar-refractivity contribution in [2.45, 2.75) is 33.2 Å². The largest absolute Gasteiger partial charge is 0.300 e. The van der Waals surface area contributed by atoms with Crippen LogP contribution in [-0.4, -0.2) is 19.7 Å². The Labute approximate surface area is 106 Å². The molecule has 4 nitrogen and oxygen atoms in total. The zero-order chi connectivity index (χ0) is 12.3. The van der Waals surface area contributed by atoms with Gasteiger partial charge in [-0.1, -0.05) is 13.3 Å². The summed E-state index contributed by atoms with van der Waals surface area (Å²) in [5, 5.41) is 7.17. The van der Waals surface area contributed by atoms with Crippen LogP contribution >= 0.6 is 12.2 Å². The highest BCUT2D eigenvalue weighted by atomic mass is 32.1. The molecule has 0 bridgehead atoms. The second-order valence-electron chi connectivity index (χ2n) is 3.99. The molecule has 0 spiro atoms. The van der Waals surface area contributed by atoms with Crippen LogP contribution in [-0.2, 0) is 6.54 Å². The fourth-order valence-corrected chi connectivity index (χ4v) is 1.99. The molecule has 2 heterocycles. The van der Waals surface area contributed by atoms with E-state index in [2.05, 4.69) is 22.1 Å². The fourth-order valence-electron chi connectivity index (χ4n) is 1.77. The maximum atomic E-state index is 5.25. The van der Waals surface area contributed by atoms with Gasteiger partial charge in [0.1, 0.15) is 0 Å². The molecule has 5 heteroatoms. The van der Waals surface area contributed by atoms with Crippen molar-refractivity contribution >= 4 is 12.2 Å². The van der Waals surface area contributed by atoms with Gasteiger partial charge in [-0.3, -0.25) is 10.1 Å². The maximum absolute atomic E-state index is 5.25. The molecule has 17 heavy (non-hydrogen) atoms. The van der Waals surface area contributed by atoms with Crippen LogP contribution in [0.1, 0.15) is 25.5 Å². The molecule has 0 aliphatic rings. The van der Waals surface area contributed by atoms with E-state index in [1.165, 1.54) is 0 Å². The van der Waals surface area contributed by atoms with E-state index in [-0.39, 0.29) is 0 Å². The van der Waals surface area contributed by atoms with Crippen molar-refractivity contribution in [2.75, 3.05) is 0 Å². The van der Waals surface area contributed by atoms with Gasteiger partial charge in [0.2, 0.25) is 0 Å². The molecule has 90 valence electrons. The summed E-state index contributed by atoms with van der Waals surface area (Å²) in [6.07, 6.45) is 4.02. The number of aromatic amines is 1. The van der Waals surface area contributed by atoms with Gasteiger partial charge in [-0.15, -0.1) is 0 Å². The summed E-state index contributed by atoms with van der Waals surface area (Å²) >= 11 is 5.25. The highest BCUT2D eigenvalue weighted by Crippen LogP contribution is 2.19. The van der Waals surface area contributed by atoms with Crippen molar-refractivity contribution in [3.8, 4) is 11.4 Å². The van der Waals surface area contributed by atoms with Crippen LogP contribution in [0.25, 0.3) is 11.4 Å². The average molecular weight is 248 g/mol. The topological polar surface area (TPSA) is 46.5 Å². The number of pyridine rings is 1. The molecule has 2 aromatic heterocycles. The molecule has 0 unspecified atom stereocenters. The summed E-state index contributed by atoms with van der Waals surface area (Å²) < 4.78 is 2.72. The van der Waals surface area contributed by atoms with Gasteiger partial charge in [-0.2, -0.15) is 5.10 Å². The first-order valence-corrected chi connectivity index (χ1v) is 6.22. The quantitative estimate of drug-likeness (QED) is 0.846. The van der Waals surface area contributed by atoms with E-state index >= 15 is 0 Å². The van der Waals surface area contributed by atoms with Crippen molar-refractivity contribution in [1.29, 1.82) is 0 Å². The molecule has 0 amide bonds. The molecule has 0 aliphatic heterocycles. The van der Waals surface area contributed by atoms with E-state index in [1.807, 2.05) is 23.6 Å². The number of nitrogens with zero attached hydrogens (tertiary/aromatic N) is 3. The van der Waals surface area contributed by atoms with Crippen molar-refractivity contribution in [3.05, 3.63) is 28.8 Å². The third kappa shape index (κ3) is 2.44. The van der Waals surface area contributed by atoms with Gasteiger partial charge in [-0.25, -0.2) is 0 Å². The van der Waals surface area contributed by atoms with Gasteiger partial charge in [0.05, 0.1) is 0 Å².